The Hall–Kier alpha value is -1.94. The van der Waals surface area contributed by atoms with Crippen LogP contribution in [0.5, 0.6) is 0 Å². The third-order valence-electron chi connectivity index (χ3n) is 3.10. The van der Waals surface area contributed by atoms with Gasteiger partial charge >= 0.3 is 0 Å². The van der Waals surface area contributed by atoms with E-state index in [1.165, 1.54) is 0 Å². The molecule has 21 heavy (non-hydrogen) atoms. The summed E-state index contributed by atoms with van der Waals surface area (Å²) in [7, 11) is -0.962. The fourth-order valence-corrected chi connectivity index (χ4v) is 2.96. The van der Waals surface area contributed by atoms with Crippen molar-refractivity contribution in [1.82, 2.24) is 5.32 Å². The van der Waals surface area contributed by atoms with Crippen LogP contribution >= 0.6 is 0 Å². The summed E-state index contributed by atoms with van der Waals surface area (Å²) in [6.45, 7) is 2.40. The van der Waals surface area contributed by atoms with E-state index < -0.39 is 10.8 Å². The Kier molecular flexibility index (Phi) is 5.69. The van der Waals surface area contributed by atoms with Gasteiger partial charge < -0.3 is 5.32 Å². The second-order valence-electron chi connectivity index (χ2n) is 4.90. The molecule has 1 amide bonds. The minimum Gasteiger partial charge on any atom is -0.351 e. The monoisotopic (exact) mass is 301 g/mol. The number of carbonyl (C=O) groups excluding carboxylic acids is 1. The lowest BCUT2D eigenvalue weighted by Crippen LogP contribution is -2.27. The Balaban J connectivity index is 1.75. The van der Waals surface area contributed by atoms with Gasteiger partial charge in [0, 0.05) is 34.4 Å². The zero-order valence-corrected chi connectivity index (χ0v) is 12.9. The summed E-state index contributed by atoms with van der Waals surface area (Å²) in [6, 6.07) is 17.1. The zero-order valence-electron chi connectivity index (χ0n) is 12.0. The summed E-state index contributed by atoms with van der Waals surface area (Å²) < 4.78 is 11.9. The van der Waals surface area contributed by atoms with Gasteiger partial charge in [0.1, 0.15) is 0 Å². The molecule has 1 atom stereocenters. The van der Waals surface area contributed by atoms with Gasteiger partial charge in [0.2, 0.25) is 0 Å². The van der Waals surface area contributed by atoms with Gasteiger partial charge in [-0.25, -0.2) is 0 Å². The Labute approximate surface area is 127 Å². The molecule has 2 aromatic carbocycles. The molecule has 0 aliphatic carbocycles. The Morgan fingerprint density at radius 3 is 2.38 bits per heavy atom. The smallest absolute Gasteiger partial charge is 0.251 e. The van der Waals surface area contributed by atoms with E-state index in [2.05, 4.69) is 5.32 Å². The van der Waals surface area contributed by atoms with E-state index in [1.807, 2.05) is 49.4 Å². The maximum atomic E-state index is 11.9. The predicted octanol–water partition coefficient (Wildman–Crippen LogP) is 2.67. The van der Waals surface area contributed by atoms with Crippen LogP contribution in [0.25, 0.3) is 0 Å². The molecule has 0 fully saturated rings. The lowest BCUT2D eigenvalue weighted by Gasteiger charge is -2.06. The normalized spacial score (nSPS) is 11.9. The summed E-state index contributed by atoms with van der Waals surface area (Å²) >= 11 is 0. The van der Waals surface area contributed by atoms with Crippen LogP contribution in [-0.2, 0) is 16.6 Å². The molecule has 0 unspecified atom stereocenters. The number of benzene rings is 2. The molecule has 0 aliphatic heterocycles. The van der Waals surface area contributed by atoms with E-state index in [4.69, 9.17) is 0 Å². The third kappa shape index (κ3) is 5.16. The van der Waals surface area contributed by atoms with Gasteiger partial charge in [0.15, 0.2) is 0 Å². The molecule has 0 aromatic heterocycles. The van der Waals surface area contributed by atoms with E-state index in [9.17, 15) is 9.00 Å². The van der Waals surface area contributed by atoms with Crippen molar-refractivity contribution < 1.29 is 9.00 Å². The Bertz CT molecular complexity index is 608. The molecule has 4 heteroatoms. The highest BCUT2D eigenvalue weighted by Gasteiger charge is 2.06. The van der Waals surface area contributed by atoms with Crippen molar-refractivity contribution in [3.63, 3.8) is 0 Å². The first-order valence-corrected chi connectivity index (χ1v) is 8.38. The minimum absolute atomic E-state index is 0.119. The van der Waals surface area contributed by atoms with E-state index in [0.29, 0.717) is 23.6 Å². The first kappa shape index (κ1) is 15.4. The molecule has 2 aromatic rings. The maximum Gasteiger partial charge on any atom is 0.251 e. The van der Waals surface area contributed by atoms with Crippen LogP contribution in [0.15, 0.2) is 54.6 Å². The van der Waals surface area contributed by atoms with Crippen LogP contribution in [-0.4, -0.2) is 22.4 Å². The number of nitrogens with one attached hydrogen (secondary N) is 1. The van der Waals surface area contributed by atoms with E-state index in [-0.39, 0.29) is 5.91 Å². The van der Waals surface area contributed by atoms with Crippen molar-refractivity contribution >= 4 is 16.7 Å². The molecule has 0 aliphatic rings. The van der Waals surface area contributed by atoms with Crippen LogP contribution in [0.4, 0.5) is 0 Å². The van der Waals surface area contributed by atoms with Crippen molar-refractivity contribution in [1.29, 1.82) is 0 Å². The summed E-state index contributed by atoms with van der Waals surface area (Å²) in [6.07, 6.45) is 0. The second kappa shape index (κ2) is 7.74. The van der Waals surface area contributed by atoms with Gasteiger partial charge in [-0.1, -0.05) is 48.0 Å². The predicted molar refractivity (Wildman–Crippen MR) is 86.7 cm³/mol. The number of amides is 1. The van der Waals surface area contributed by atoms with Crippen molar-refractivity contribution in [3.05, 3.63) is 71.3 Å². The van der Waals surface area contributed by atoms with Crippen LogP contribution in [0.2, 0.25) is 0 Å². The van der Waals surface area contributed by atoms with Crippen LogP contribution in [0, 0.1) is 6.92 Å². The summed E-state index contributed by atoms with van der Waals surface area (Å²) in [5, 5.41) is 2.80. The molecule has 0 saturated carbocycles. The van der Waals surface area contributed by atoms with Gasteiger partial charge in [0.25, 0.3) is 5.91 Å². The van der Waals surface area contributed by atoms with Crippen molar-refractivity contribution in [2.24, 2.45) is 0 Å². The highest BCUT2D eigenvalue weighted by molar-refractivity contribution is 7.84. The Morgan fingerprint density at radius 1 is 1.05 bits per heavy atom. The minimum atomic E-state index is -0.962. The molecular weight excluding hydrogens is 282 g/mol. The highest BCUT2D eigenvalue weighted by Crippen LogP contribution is 2.04. The van der Waals surface area contributed by atoms with Crippen LogP contribution in [0.1, 0.15) is 21.5 Å². The standard InChI is InChI=1S/C17H19NO2S/c1-14-7-9-16(10-8-14)17(19)18-11-12-21(20)13-15-5-3-2-4-6-15/h2-10H,11-13H2,1H3,(H,18,19)/t21-/m0/s1. The lowest BCUT2D eigenvalue weighted by atomic mass is 10.1. The van der Waals surface area contributed by atoms with Gasteiger partial charge in [-0.3, -0.25) is 9.00 Å². The van der Waals surface area contributed by atoms with Crippen molar-refractivity contribution in [3.8, 4) is 0 Å². The quantitative estimate of drug-likeness (QED) is 0.891. The SMILES string of the molecule is Cc1ccc(C(=O)NCC[S@](=O)Cc2ccccc2)cc1. The van der Waals surface area contributed by atoms with E-state index in [0.717, 1.165) is 11.1 Å². The number of rotatable bonds is 6. The van der Waals surface area contributed by atoms with Gasteiger partial charge in [0.05, 0.1) is 0 Å². The molecule has 0 spiro atoms. The third-order valence-corrected chi connectivity index (χ3v) is 4.41. The zero-order chi connectivity index (χ0) is 15.1. The van der Waals surface area contributed by atoms with E-state index >= 15 is 0 Å². The fraction of sp³-hybridized carbons (Fsp3) is 0.235. The number of hydrogen-bond acceptors (Lipinski definition) is 2. The van der Waals surface area contributed by atoms with Crippen LogP contribution < -0.4 is 5.32 Å². The highest BCUT2D eigenvalue weighted by atomic mass is 32.2. The first-order chi connectivity index (χ1) is 10.1. The summed E-state index contributed by atoms with van der Waals surface area (Å²) in [5.74, 6) is 0.875. The van der Waals surface area contributed by atoms with Gasteiger partial charge in [-0.2, -0.15) is 0 Å². The first-order valence-electron chi connectivity index (χ1n) is 6.89. The van der Waals surface area contributed by atoms with Gasteiger partial charge in [-0.15, -0.1) is 0 Å². The molecule has 0 saturated heterocycles. The number of hydrogen-bond donors (Lipinski definition) is 1. The molecule has 0 heterocycles. The van der Waals surface area contributed by atoms with Crippen molar-refractivity contribution in [2.75, 3.05) is 12.3 Å². The second-order valence-corrected chi connectivity index (χ2v) is 6.47. The largest absolute Gasteiger partial charge is 0.351 e. The molecule has 1 N–H and O–H groups in total. The molecular formula is C17H19NO2S. The topological polar surface area (TPSA) is 46.2 Å². The van der Waals surface area contributed by atoms with Crippen LogP contribution in [0.3, 0.4) is 0 Å². The molecule has 3 nitrogen and oxygen atoms in total. The maximum absolute atomic E-state index is 11.9. The molecule has 0 bridgehead atoms. The van der Waals surface area contributed by atoms with E-state index in [1.54, 1.807) is 12.1 Å². The summed E-state index contributed by atoms with van der Waals surface area (Å²) in [4.78, 5) is 11.9. The molecule has 2 rings (SSSR count). The fourth-order valence-electron chi connectivity index (χ4n) is 1.92. The molecule has 110 valence electrons. The Morgan fingerprint density at radius 2 is 1.71 bits per heavy atom. The number of carbonyl (C=O) groups is 1. The van der Waals surface area contributed by atoms with Crippen molar-refractivity contribution in [2.45, 2.75) is 12.7 Å². The number of aryl methyl sites for hydroxylation is 1. The average Bonchev–Trinajstić information content (AvgIpc) is 2.49. The average molecular weight is 301 g/mol. The summed E-state index contributed by atoms with van der Waals surface area (Å²) in [5.41, 5.74) is 2.81. The van der Waals surface area contributed by atoms with Gasteiger partial charge in [-0.05, 0) is 24.6 Å². The molecule has 0 radical (unpaired) electrons. The lowest BCUT2D eigenvalue weighted by molar-refractivity contribution is 0.0956.